The number of rotatable bonds is 5. The Morgan fingerprint density at radius 3 is 2.50 bits per heavy atom. The highest BCUT2D eigenvalue weighted by Gasteiger charge is 2.25. The van der Waals surface area contributed by atoms with Crippen LogP contribution in [0.1, 0.15) is 18.9 Å². The van der Waals surface area contributed by atoms with E-state index in [9.17, 15) is 8.42 Å². The van der Waals surface area contributed by atoms with Crippen LogP contribution in [0.2, 0.25) is 0 Å². The fourth-order valence-electron chi connectivity index (χ4n) is 2.61. The van der Waals surface area contributed by atoms with Gasteiger partial charge in [0.1, 0.15) is 0 Å². The summed E-state index contributed by atoms with van der Waals surface area (Å²) in [7, 11) is -1.44. The standard InChI is InChI=1S/C14H23N3O2S/c1-11-9-13(10-17(11)2)16-8-7-12-3-5-14(6-4-12)20(15,18)19/h3-6,11,13,16H,7-10H2,1-2H3,(H2,15,18,19). The van der Waals surface area contributed by atoms with Gasteiger partial charge in [-0.25, -0.2) is 13.6 Å². The van der Waals surface area contributed by atoms with E-state index in [2.05, 4.69) is 24.2 Å². The Morgan fingerprint density at radius 2 is 2.00 bits per heavy atom. The summed E-state index contributed by atoms with van der Waals surface area (Å²) in [6, 6.07) is 7.97. The minimum atomic E-state index is -3.59. The maximum absolute atomic E-state index is 11.2. The number of nitrogens with zero attached hydrogens (tertiary/aromatic N) is 1. The van der Waals surface area contributed by atoms with Gasteiger partial charge in [0, 0.05) is 18.6 Å². The van der Waals surface area contributed by atoms with Crippen molar-refractivity contribution in [3.8, 4) is 0 Å². The molecule has 0 aromatic heterocycles. The number of hydrogen-bond acceptors (Lipinski definition) is 4. The summed E-state index contributed by atoms with van der Waals surface area (Å²) in [6.45, 7) is 4.24. The topological polar surface area (TPSA) is 75.4 Å². The van der Waals surface area contributed by atoms with Gasteiger partial charge in [0.15, 0.2) is 0 Å². The molecule has 1 heterocycles. The molecule has 1 aromatic carbocycles. The highest BCUT2D eigenvalue weighted by molar-refractivity contribution is 7.89. The summed E-state index contributed by atoms with van der Waals surface area (Å²) in [4.78, 5) is 2.53. The maximum Gasteiger partial charge on any atom is 0.238 e. The van der Waals surface area contributed by atoms with Gasteiger partial charge < -0.3 is 10.2 Å². The molecule has 2 rings (SSSR count). The van der Waals surface area contributed by atoms with E-state index < -0.39 is 10.0 Å². The number of nitrogens with one attached hydrogen (secondary N) is 1. The van der Waals surface area contributed by atoms with Gasteiger partial charge in [-0.3, -0.25) is 0 Å². The second kappa shape index (κ2) is 6.22. The van der Waals surface area contributed by atoms with Crippen LogP contribution in [0, 0.1) is 0 Å². The molecule has 0 spiro atoms. The zero-order valence-corrected chi connectivity index (χ0v) is 12.9. The third-order valence-electron chi connectivity index (χ3n) is 3.99. The lowest BCUT2D eigenvalue weighted by Gasteiger charge is -2.13. The molecule has 0 aliphatic carbocycles. The molecule has 1 aliphatic heterocycles. The van der Waals surface area contributed by atoms with E-state index in [1.54, 1.807) is 12.1 Å². The van der Waals surface area contributed by atoms with Crippen LogP contribution < -0.4 is 10.5 Å². The molecule has 0 saturated carbocycles. The Bertz CT molecular complexity index is 532. The van der Waals surface area contributed by atoms with Crippen molar-refractivity contribution in [1.82, 2.24) is 10.2 Å². The number of nitrogens with two attached hydrogens (primary N) is 1. The van der Waals surface area contributed by atoms with Crippen molar-refractivity contribution in [2.45, 2.75) is 36.7 Å². The monoisotopic (exact) mass is 297 g/mol. The van der Waals surface area contributed by atoms with E-state index in [1.165, 1.54) is 6.42 Å². The average Bonchev–Trinajstić information content (AvgIpc) is 2.68. The molecule has 1 aromatic rings. The third-order valence-corrected chi connectivity index (χ3v) is 4.91. The van der Waals surface area contributed by atoms with Gasteiger partial charge in [-0.1, -0.05) is 12.1 Å². The Labute approximate surface area is 121 Å². The van der Waals surface area contributed by atoms with E-state index in [1.807, 2.05) is 12.1 Å². The van der Waals surface area contributed by atoms with Crippen molar-refractivity contribution in [2.75, 3.05) is 20.1 Å². The molecule has 0 radical (unpaired) electrons. The Morgan fingerprint density at radius 1 is 1.35 bits per heavy atom. The van der Waals surface area contributed by atoms with Crippen LogP contribution in [0.4, 0.5) is 0 Å². The second-order valence-corrected chi connectivity index (χ2v) is 7.18. The zero-order chi connectivity index (χ0) is 14.8. The smallest absolute Gasteiger partial charge is 0.238 e. The lowest BCUT2D eigenvalue weighted by Crippen LogP contribution is -2.32. The summed E-state index contributed by atoms with van der Waals surface area (Å²) in [5, 5.41) is 8.62. The summed E-state index contributed by atoms with van der Waals surface area (Å²) < 4.78 is 22.3. The van der Waals surface area contributed by atoms with E-state index in [0.29, 0.717) is 12.1 Å². The molecule has 0 bridgehead atoms. The van der Waals surface area contributed by atoms with Crippen LogP contribution >= 0.6 is 0 Å². The first-order valence-corrected chi connectivity index (χ1v) is 8.46. The lowest BCUT2D eigenvalue weighted by atomic mass is 10.1. The van der Waals surface area contributed by atoms with Gasteiger partial charge >= 0.3 is 0 Å². The van der Waals surface area contributed by atoms with Gasteiger partial charge in [0.05, 0.1) is 4.90 Å². The van der Waals surface area contributed by atoms with Gasteiger partial charge in [-0.15, -0.1) is 0 Å². The van der Waals surface area contributed by atoms with Crippen molar-refractivity contribution in [3.05, 3.63) is 29.8 Å². The highest BCUT2D eigenvalue weighted by Crippen LogP contribution is 2.15. The fraction of sp³-hybridized carbons (Fsp3) is 0.571. The van der Waals surface area contributed by atoms with Crippen LogP contribution in [0.15, 0.2) is 29.2 Å². The summed E-state index contributed by atoms with van der Waals surface area (Å²) in [5.41, 5.74) is 1.12. The largest absolute Gasteiger partial charge is 0.312 e. The minimum absolute atomic E-state index is 0.167. The molecule has 2 atom stereocenters. The summed E-state index contributed by atoms with van der Waals surface area (Å²) in [6.07, 6.45) is 2.07. The van der Waals surface area contributed by atoms with Crippen molar-refractivity contribution in [1.29, 1.82) is 0 Å². The van der Waals surface area contributed by atoms with Gasteiger partial charge in [0.2, 0.25) is 10.0 Å². The zero-order valence-electron chi connectivity index (χ0n) is 12.0. The second-order valence-electron chi connectivity index (χ2n) is 5.61. The summed E-state index contributed by atoms with van der Waals surface area (Å²) >= 11 is 0. The van der Waals surface area contributed by atoms with Gasteiger partial charge in [0.25, 0.3) is 0 Å². The molecule has 2 unspecified atom stereocenters. The lowest BCUT2D eigenvalue weighted by molar-refractivity contribution is 0.327. The molecule has 6 heteroatoms. The first-order chi connectivity index (χ1) is 9.36. The molecule has 1 fully saturated rings. The normalized spacial score (nSPS) is 24.1. The van der Waals surface area contributed by atoms with Crippen molar-refractivity contribution < 1.29 is 8.42 Å². The maximum atomic E-state index is 11.2. The molecule has 0 amide bonds. The fourth-order valence-corrected chi connectivity index (χ4v) is 3.12. The van der Waals surface area contributed by atoms with Crippen molar-refractivity contribution >= 4 is 10.0 Å². The minimum Gasteiger partial charge on any atom is -0.312 e. The number of likely N-dealkylation sites (N-methyl/N-ethyl adjacent to an activating group) is 1. The van der Waals surface area contributed by atoms with E-state index in [-0.39, 0.29) is 4.90 Å². The SMILES string of the molecule is CC1CC(NCCc2ccc(S(N)(=O)=O)cc2)CN1C. The van der Waals surface area contributed by atoms with Gasteiger partial charge in [-0.2, -0.15) is 0 Å². The van der Waals surface area contributed by atoms with Gasteiger partial charge in [-0.05, 0) is 51.1 Å². The average molecular weight is 297 g/mol. The number of hydrogen-bond donors (Lipinski definition) is 2. The predicted octanol–water partition coefficient (Wildman–Crippen LogP) is 0.559. The molecule has 5 nitrogen and oxygen atoms in total. The first-order valence-electron chi connectivity index (χ1n) is 6.91. The van der Waals surface area contributed by atoms with Crippen molar-refractivity contribution in [3.63, 3.8) is 0 Å². The molecule has 1 saturated heterocycles. The first kappa shape index (κ1) is 15.4. The van der Waals surface area contributed by atoms with Crippen LogP contribution in [-0.4, -0.2) is 45.5 Å². The molecule has 20 heavy (non-hydrogen) atoms. The van der Waals surface area contributed by atoms with Crippen LogP contribution in [0.3, 0.4) is 0 Å². The van der Waals surface area contributed by atoms with E-state index >= 15 is 0 Å². The Kier molecular flexibility index (Phi) is 4.80. The van der Waals surface area contributed by atoms with E-state index in [0.717, 1.165) is 25.1 Å². The van der Waals surface area contributed by atoms with Crippen LogP contribution in [0.5, 0.6) is 0 Å². The Hall–Kier alpha value is -0.950. The molecular formula is C14H23N3O2S. The highest BCUT2D eigenvalue weighted by atomic mass is 32.2. The molecule has 112 valence electrons. The van der Waals surface area contributed by atoms with E-state index in [4.69, 9.17) is 5.14 Å². The number of benzene rings is 1. The number of sulfonamides is 1. The number of primary sulfonamides is 1. The number of likely N-dealkylation sites (tertiary alicyclic amines) is 1. The quantitative estimate of drug-likeness (QED) is 0.832. The molecular weight excluding hydrogens is 274 g/mol. The predicted molar refractivity (Wildman–Crippen MR) is 80.0 cm³/mol. The van der Waals surface area contributed by atoms with Crippen LogP contribution in [0.25, 0.3) is 0 Å². The van der Waals surface area contributed by atoms with Crippen LogP contribution in [-0.2, 0) is 16.4 Å². The third kappa shape index (κ3) is 4.02. The molecule has 3 N–H and O–H groups in total. The van der Waals surface area contributed by atoms with Crippen molar-refractivity contribution in [2.24, 2.45) is 5.14 Å². The summed E-state index contributed by atoms with van der Waals surface area (Å²) in [5.74, 6) is 0. The molecule has 1 aliphatic rings. The Balaban J connectivity index is 1.80.